The van der Waals surface area contributed by atoms with Gasteiger partial charge < -0.3 is 9.30 Å². The summed E-state index contributed by atoms with van der Waals surface area (Å²) in [6.07, 6.45) is 3.26. The van der Waals surface area contributed by atoms with Crippen LogP contribution in [0, 0.1) is 0 Å². The largest absolute Gasteiger partial charge is 0.462 e. The summed E-state index contributed by atoms with van der Waals surface area (Å²) in [5.74, 6) is 1.36. The number of amides is 1. The number of esters is 1. The molecule has 1 heterocycles. The Morgan fingerprint density at radius 1 is 1.13 bits per heavy atom. The highest BCUT2D eigenvalue weighted by Gasteiger charge is 2.12. The van der Waals surface area contributed by atoms with Crippen LogP contribution in [0.15, 0.2) is 58.4 Å². The molecule has 0 aliphatic carbocycles. The van der Waals surface area contributed by atoms with Gasteiger partial charge in [0.05, 0.1) is 22.4 Å². The van der Waals surface area contributed by atoms with E-state index in [9.17, 15) is 9.59 Å². The normalized spacial score (nSPS) is 11.7. The van der Waals surface area contributed by atoms with Crippen LogP contribution in [0.5, 0.6) is 0 Å². The van der Waals surface area contributed by atoms with E-state index in [-0.39, 0.29) is 11.9 Å². The van der Waals surface area contributed by atoms with Gasteiger partial charge in [0.25, 0.3) is 0 Å². The van der Waals surface area contributed by atoms with Crippen molar-refractivity contribution in [2.45, 2.75) is 31.2 Å². The first-order chi connectivity index (χ1) is 15.1. The van der Waals surface area contributed by atoms with E-state index in [0.717, 1.165) is 34.7 Å². The number of fused-ring (bicyclic) bond motifs is 1. The third-order valence-corrected chi connectivity index (χ3v) is 7.21. The van der Waals surface area contributed by atoms with Gasteiger partial charge in [-0.1, -0.05) is 29.5 Å². The summed E-state index contributed by atoms with van der Waals surface area (Å²) in [7, 11) is 0. The van der Waals surface area contributed by atoms with Crippen molar-refractivity contribution in [1.82, 2.24) is 4.57 Å². The summed E-state index contributed by atoms with van der Waals surface area (Å²) in [6.45, 7) is 2.89. The minimum absolute atomic E-state index is 0.108. The van der Waals surface area contributed by atoms with E-state index in [0.29, 0.717) is 23.4 Å². The number of nitrogens with zero attached hydrogens (tertiary/aromatic N) is 2. The average Bonchev–Trinajstić information content (AvgIpc) is 3.12. The summed E-state index contributed by atoms with van der Waals surface area (Å²) in [6, 6.07) is 15.7. The topological polar surface area (TPSA) is 60.7 Å². The lowest BCUT2D eigenvalue weighted by atomic mass is 10.2. The van der Waals surface area contributed by atoms with Gasteiger partial charge in [-0.3, -0.25) is 4.79 Å². The molecule has 0 aliphatic heterocycles. The molecular formula is C23H26N2O3S3. The Labute approximate surface area is 194 Å². The number of rotatable bonds is 10. The molecule has 0 spiro atoms. The molecular weight excluding hydrogens is 448 g/mol. The number of ether oxygens (including phenoxy) is 1. The Morgan fingerprint density at radius 2 is 1.94 bits per heavy atom. The summed E-state index contributed by atoms with van der Waals surface area (Å²) < 4.78 is 8.11. The van der Waals surface area contributed by atoms with E-state index in [1.54, 1.807) is 36.5 Å². The highest BCUT2D eigenvalue weighted by molar-refractivity contribution is 7.99. The number of hydrogen-bond acceptors (Lipinski definition) is 6. The third-order valence-electron chi connectivity index (χ3n) is 4.48. The molecule has 31 heavy (non-hydrogen) atoms. The quantitative estimate of drug-likeness (QED) is 0.228. The first-order valence-electron chi connectivity index (χ1n) is 10.2. The Bertz CT molecular complexity index is 1090. The number of carbonyl (C=O) groups is 2. The van der Waals surface area contributed by atoms with Gasteiger partial charge in [-0.25, -0.2) is 4.79 Å². The van der Waals surface area contributed by atoms with Crippen LogP contribution in [0.2, 0.25) is 0 Å². The lowest BCUT2D eigenvalue weighted by Crippen LogP contribution is -2.18. The standard InChI is InChI=1S/C23H26N2O3S3/c1-3-28-22(27)17-11-12-19-20(16-17)31-23(25(19)13-15-29-2)24-21(26)10-7-14-30-18-8-5-4-6-9-18/h4-6,8-9,11-12,16H,3,7,10,13-15H2,1-2H3. The number of carbonyl (C=O) groups excluding carboxylic acids is 2. The molecule has 0 bridgehead atoms. The van der Waals surface area contributed by atoms with Gasteiger partial charge in [0.15, 0.2) is 4.80 Å². The molecule has 0 saturated carbocycles. The van der Waals surface area contributed by atoms with Crippen LogP contribution in [0.3, 0.4) is 0 Å². The molecule has 164 valence electrons. The highest BCUT2D eigenvalue weighted by atomic mass is 32.2. The number of thioether (sulfide) groups is 2. The minimum atomic E-state index is -0.334. The lowest BCUT2D eigenvalue weighted by Gasteiger charge is -2.05. The van der Waals surface area contributed by atoms with Crippen molar-refractivity contribution in [2.24, 2.45) is 4.99 Å². The van der Waals surface area contributed by atoms with E-state index in [2.05, 4.69) is 27.9 Å². The SMILES string of the molecule is CCOC(=O)c1ccc2c(c1)sc(=NC(=O)CCCSc1ccccc1)n2CCSC. The van der Waals surface area contributed by atoms with E-state index in [1.807, 2.05) is 30.3 Å². The van der Waals surface area contributed by atoms with Gasteiger partial charge >= 0.3 is 5.97 Å². The maximum Gasteiger partial charge on any atom is 0.338 e. The lowest BCUT2D eigenvalue weighted by molar-refractivity contribution is -0.118. The van der Waals surface area contributed by atoms with Crippen LogP contribution in [0.1, 0.15) is 30.1 Å². The molecule has 1 amide bonds. The van der Waals surface area contributed by atoms with Gasteiger partial charge in [0.1, 0.15) is 0 Å². The zero-order valence-corrected chi connectivity index (χ0v) is 20.2. The predicted molar refractivity (Wildman–Crippen MR) is 131 cm³/mol. The number of aryl methyl sites for hydroxylation is 1. The van der Waals surface area contributed by atoms with E-state index in [1.165, 1.54) is 16.2 Å². The zero-order valence-electron chi connectivity index (χ0n) is 17.7. The first-order valence-corrected chi connectivity index (χ1v) is 13.4. The highest BCUT2D eigenvalue weighted by Crippen LogP contribution is 2.21. The second-order valence-electron chi connectivity index (χ2n) is 6.70. The molecule has 0 fully saturated rings. The number of hydrogen-bond donors (Lipinski definition) is 0. The number of thiazole rings is 1. The van der Waals surface area contributed by atoms with Crippen molar-refractivity contribution in [1.29, 1.82) is 0 Å². The molecule has 0 radical (unpaired) electrons. The second-order valence-corrected chi connectivity index (χ2v) is 9.87. The van der Waals surface area contributed by atoms with Crippen molar-refractivity contribution in [2.75, 3.05) is 24.4 Å². The van der Waals surface area contributed by atoms with E-state index in [4.69, 9.17) is 4.74 Å². The second kappa shape index (κ2) is 12.1. The van der Waals surface area contributed by atoms with Crippen LogP contribution < -0.4 is 4.80 Å². The molecule has 0 saturated heterocycles. The predicted octanol–water partition coefficient (Wildman–Crippen LogP) is 5.24. The molecule has 3 rings (SSSR count). The fourth-order valence-corrected chi connectivity index (χ4v) is 5.34. The smallest absolute Gasteiger partial charge is 0.338 e. The van der Waals surface area contributed by atoms with Gasteiger partial charge in [-0.05, 0) is 55.7 Å². The van der Waals surface area contributed by atoms with Crippen LogP contribution in [0.4, 0.5) is 0 Å². The molecule has 5 nitrogen and oxygen atoms in total. The van der Waals surface area contributed by atoms with Crippen LogP contribution >= 0.6 is 34.9 Å². The average molecular weight is 475 g/mol. The molecule has 2 aromatic carbocycles. The Balaban J connectivity index is 1.75. The fraction of sp³-hybridized carbons (Fsp3) is 0.348. The van der Waals surface area contributed by atoms with Crippen molar-refractivity contribution in [3.05, 3.63) is 58.9 Å². The molecule has 0 N–H and O–H groups in total. The maximum absolute atomic E-state index is 12.5. The van der Waals surface area contributed by atoms with Crippen LogP contribution in [0.25, 0.3) is 10.2 Å². The Hall–Kier alpha value is -2.03. The molecule has 8 heteroatoms. The van der Waals surface area contributed by atoms with Gasteiger partial charge in [0.2, 0.25) is 5.91 Å². The van der Waals surface area contributed by atoms with Crippen LogP contribution in [-0.4, -0.2) is 40.8 Å². The van der Waals surface area contributed by atoms with Gasteiger partial charge in [-0.2, -0.15) is 16.8 Å². The monoisotopic (exact) mass is 474 g/mol. The summed E-state index contributed by atoms with van der Waals surface area (Å²) in [4.78, 5) is 30.9. The van der Waals surface area contributed by atoms with Gasteiger partial charge in [0, 0.05) is 23.6 Å². The summed E-state index contributed by atoms with van der Waals surface area (Å²) in [5.41, 5.74) is 1.50. The maximum atomic E-state index is 12.5. The van der Waals surface area contributed by atoms with E-state index < -0.39 is 0 Å². The molecule has 0 atom stereocenters. The summed E-state index contributed by atoms with van der Waals surface area (Å²) >= 11 is 4.94. The molecule has 3 aromatic rings. The number of benzene rings is 2. The van der Waals surface area contributed by atoms with E-state index >= 15 is 0 Å². The Morgan fingerprint density at radius 3 is 2.68 bits per heavy atom. The molecule has 1 aromatic heterocycles. The van der Waals surface area contributed by atoms with Crippen molar-refractivity contribution < 1.29 is 14.3 Å². The van der Waals surface area contributed by atoms with Crippen molar-refractivity contribution >= 4 is 57.0 Å². The van der Waals surface area contributed by atoms with Crippen molar-refractivity contribution in [3.8, 4) is 0 Å². The first kappa shape index (κ1) is 23.6. The van der Waals surface area contributed by atoms with Crippen molar-refractivity contribution in [3.63, 3.8) is 0 Å². The minimum Gasteiger partial charge on any atom is -0.462 e. The Kier molecular flexibility index (Phi) is 9.24. The molecule has 0 aliphatic rings. The molecule has 0 unspecified atom stereocenters. The van der Waals surface area contributed by atoms with Gasteiger partial charge in [-0.15, -0.1) is 11.8 Å². The third kappa shape index (κ3) is 6.72. The zero-order chi connectivity index (χ0) is 22.1. The fourth-order valence-electron chi connectivity index (χ4n) is 2.99. The van der Waals surface area contributed by atoms with Crippen LogP contribution in [-0.2, 0) is 16.1 Å². The summed E-state index contributed by atoms with van der Waals surface area (Å²) in [5, 5.41) is 0. The number of aromatic nitrogens is 1.